The second-order valence-corrected chi connectivity index (χ2v) is 4.14. The number of piperidine rings is 1. The second kappa shape index (κ2) is 3.35. The first-order valence-electron chi connectivity index (χ1n) is 5.34. The number of carbonyl (C=O) groups excluding carboxylic acids is 1. The summed E-state index contributed by atoms with van der Waals surface area (Å²) in [6, 6.07) is 10.3. The molecular formula is C12H13NO2. The summed E-state index contributed by atoms with van der Waals surface area (Å²) in [5.41, 5.74) is 1.15. The van der Waals surface area contributed by atoms with Crippen molar-refractivity contribution in [3.05, 3.63) is 35.9 Å². The maximum Gasteiger partial charge on any atom is 0.220 e. The molecule has 0 radical (unpaired) electrons. The molecule has 2 aliphatic rings. The summed E-state index contributed by atoms with van der Waals surface area (Å²) in [5, 5.41) is 3.00. The van der Waals surface area contributed by atoms with Crippen LogP contribution in [0.1, 0.15) is 24.5 Å². The number of fused-ring (bicyclic) bond motifs is 1. The number of hydrogen-bond donors (Lipinski definition) is 1. The Labute approximate surface area is 88.4 Å². The van der Waals surface area contributed by atoms with E-state index in [0.29, 0.717) is 6.42 Å². The lowest BCUT2D eigenvalue weighted by Crippen LogP contribution is -2.60. The molecule has 0 aromatic heterocycles. The van der Waals surface area contributed by atoms with Gasteiger partial charge in [-0.1, -0.05) is 30.3 Å². The normalized spacial score (nSPS) is 33.9. The Bertz CT molecular complexity index is 376. The molecule has 78 valence electrons. The van der Waals surface area contributed by atoms with Crippen LogP contribution < -0.4 is 5.32 Å². The summed E-state index contributed by atoms with van der Waals surface area (Å²) in [4.78, 5) is 11.3. The molecule has 2 heterocycles. The van der Waals surface area contributed by atoms with Gasteiger partial charge in [-0.25, -0.2) is 0 Å². The maximum atomic E-state index is 11.3. The van der Waals surface area contributed by atoms with Gasteiger partial charge in [-0.2, -0.15) is 0 Å². The molecule has 1 N–H and O–H groups in total. The molecule has 0 unspecified atom stereocenters. The number of carbonyl (C=O) groups is 1. The van der Waals surface area contributed by atoms with Crippen LogP contribution in [0.2, 0.25) is 0 Å². The maximum absolute atomic E-state index is 11.3. The molecule has 2 saturated heterocycles. The van der Waals surface area contributed by atoms with E-state index in [1.54, 1.807) is 0 Å². The van der Waals surface area contributed by atoms with Crippen molar-refractivity contribution in [1.29, 1.82) is 0 Å². The third kappa shape index (κ3) is 1.43. The van der Waals surface area contributed by atoms with Crippen LogP contribution in [0, 0.1) is 0 Å². The second-order valence-electron chi connectivity index (χ2n) is 4.14. The predicted octanol–water partition coefficient (Wildman–Crippen LogP) is 1.41. The number of nitrogens with one attached hydrogen (secondary N) is 1. The van der Waals surface area contributed by atoms with Crippen molar-refractivity contribution >= 4 is 5.91 Å². The van der Waals surface area contributed by atoms with Gasteiger partial charge in [0.15, 0.2) is 0 Å². The summed E-state index contributed by atoms with van der Waals surface area (Å²) >= 11 is 0. The average Bonchev–Trinajstić information content (AvgIpc) is 2.25. The van der Waals surface area contributed by atoms with E-state index in [4.69, 9.17) is 4.74 Å². The lowest BCUT2D eigenvalue weighted by molar-refractivity contribution is -0.180. The van der Waals surface area contributed by atoms with E-state index in [1.807, 2.05) is 30.3 Å². The van der Waals surface area contributed by atoms with Crippen LogP contribution in [0.5, 0.6) is 0 Å². The molecule has 0 aliphatic carbocycles. The Morgan fingerprint density at radius 2 is 2.07 bits per heavy atom. The van der Waals surface area contributed by atoms with Crippen molar-refractivity contribution in [3.63, 3.8) is 0 Å². The Balaban J connectivity index is 1.78. The van der Waals surface area contributed by atoms with Gasteiger partial charge in [0.25, 0.3) is 0 Å². The fraction of sp³-hybridized carbons (Fsp3) is 0.417. The minimum atomic E-state index is 0.0560. The van der Waals surface area contributed by atoms with Crippen molar-refractivity contribution in [2.75, 3.05) is 0 Å². The summed E-state index contributed by atoms with van der Waals surface area (Å²) < 4.78 is 5.76. The van der Waals surface area contributed by atoms with Crippen LogP contribution in [0.4, 0.5) is 0 Å². The molecule has 3 atom stereocenters. The summed E-state index contributed by atoms with van der Waals surface area (Å²) in [6.07, 6.45) is 1.75. The highest BCUT2D eigenvalue weighted by atomic mass is 16.5. The third-order valence-corrected chi connectivity index (χ3v) is 3.16. The Kier molecular flexibility index (Phi) is 1.99. The number of hydrogen-bond acceptors (Lipinski definition) is 2. The molecule has 3 heteroatoms. The lowest BCUT2D eigenvalue weighted by Gasteiger charge is -2.47. The minimum Gasteiger partial charge on any atom is -0.366 e. The van der Waals surface area contributed by atoms with Crippen molar-refractivity contribution in [2.24, 2.45) is 0 Å². The van der Waals surface area contributed by atoms with Gasteiger partial charge in [0, 0.05) is 6.42 Å². The molecule has 2 aliphatic heterocycles. The molecular weight excluding hydrogens is 190 g/mol. The molecule has 1 aromatic rings. The Morgan fingerprint density at radius 1 is 1.27 bits per heavy atom. The van der Waals surface area contributed by atoms with Gasteiger partial charge in [0.1, 0.15) is 6.10 Å². The summed E-state index contributed by atoms with van der Waals surface area (Å²) in [7, 11) is 0. The van der Waals surface area contributed by atoms with Gasteiger partial charge in [-0.3, -0.25) is 4.79 Å². The van der Waals surface area contributed by atoms with Crippen LogP contribution >= 0.6 is 0 Å². The van der Waals surface area contributed by atoms with E-state index in [2.05, 4.69) is 5.32 Å². The molecule has 1 aromatic carbocycles. The first kappa shape index (κ1) is 8.92. The molecule has 15 heavy (non-hydrogen) atoms. The highest BCUT2D eigenvalue weighted by Crippen LogP contribution is 2.39. The fourth-order valence-corrected chi connectivity index (χ4v) is 2.34. The quantitative estimate of drug-likeness (QED) is 0.749. The topological polar surface area (TPSA) is 38.3 Å². The smallest absolute Gasteiger partial charge is 0.220 e. The van der Waals surface area contributed by atoms with Crippen molar-refractivity contribution in [2.45, 2.75) is 31.1 Å². The first-order chi connectivity index (χ1) is 7.34. The lowest BCUT2D eigenvalue weighted by atomic mass is 9.86. The zero-order chi connectivity index (χ0) is 10.3. The predicted molar refractivity (Wildman–Crippen MR) is 55.2 cm³/mol. The zero-order valence-corrected chi connectivity index (χ0v) is 8.35. The largest absolute Gasteiger partial charge is 0.366 e. The average molecular weight is 203 g/mol. The molecule has 2 fully saturated rings. The van der Waals surface area contributed by atoms with Crippen LogP contribution in [0.15, 0.2) is 30.3 Å². The van der Waals surface area contributed by atoms with Crippen LogP contribution in [-0.2, 0) is 9.53 Å². The molecule has 0 saturated carbocycles. The number of ether oxygens (including phenoxy) is 1. The van der Waals surface area contributed by atoms with Crippen LogP contribution in [-0.4, -0.2) is 18.1 Å². The van der Waals surface area contributed by atoms with Gasteiger partial charge < -0.3 is 10.1 Å². The van der Waals surface area contributed by atoms with Gasteiger partial charge >= 0.3 is 0 Å². The highest BCUT2D eigenvalue weighted by molar-refractivity contribution is 5.77. The SMILES string of the molecule is O=C1CC[C@@H]2O[C@H](c3ccccc3)[C@@H]2N1. The molecule has 3 rings (SSSR count). The van der Waals surface area contributed by atoms with Gasteiger partial charge in [-0.05, 0) is 12.0 Å². The standard InChI is InChI=1S/C12H13NO2/c14-10-7-6-9-11(13-10)12(15-9)8-4-2-1-3-5-8/h1-5,9,11-12H,6-7H2,(H,13,14)/t9-,11+,12+/m0/s1. The number of rotatable bonds is 1. The Morgan fingerprint density at radius 3 is 2.87 bits per heavy atom. The van der Waals surface area contributed by atoms with Crippen molar-refractivity contribution < 1.29 is 9.53 Å². The van der Waals surface area contributed by atoms with Crippen LogP contribution in [0.3, 0.4) is 0 Å². The van der Waals surface area contributed by atoms with Gasteiger partial charge in [-0.15, -0.1) is 0 Å². The van der Waals surface area contributed by atoms with E-state index >= 15 is 0 Å². The van der Waals surface area contributed by atoms with Gasteiger partial charge in [0.05, 0.1) is 12.1 Å². The van der Waals surface area contributed by atoms with E-state index in [-0.39, 0.29) is 24.2 Å². The van der Waals surface area contributed by atoms with E-state index in [9.17, 15) is 4.79 Å². The monoisotopic (exact) mass is 203 g/mol. The molecule has 3 nitrogen and oxygen atoms in total. The zero-order valence-electron chi connectivity index (χ0n) is 8.35. The summed E-state index contributed by atoms with van der Waals surface area (Å²) in [5.74, 6) is 0.153. The molecule has 0 bridgehead atoms. The van der Waals surface area contributed by atoms with E-state index in [1.165, 1.54) is 0 Å². The van der Waals surface area contributed by atoms with Gasteiger partial charge in [0.2, 0.25) is 5.91 Å². The fourth-order valence-electron chi connectivity index (χ4n) is 2.34. The third-order valence-electron chi connectivity index (χ3n) is 3.16. The number of benzene rings is 1. The summed E-state index contributed by atoms with van der Waals surface area (Å²) in [6.45, 7) is 0. The van der Waals surface area contributed by atoms with E-state index < -0.39 is 0 Å². The van der Waals surface area contributed by atoms with Crippen molar-refractivity contribution in [1.82, 2.24) is 5.32 Å². The number of amides is 1. The Hall–Kier alpha value is -1.35. The first-order valence-corrected chi connectivity index (χ1v) is 5.34. The van der Waals surface area contributed by atoms with Crippen LogP contribution in [0.25, 0.3) is 0 Å². The highest BCUT2D eigenvalue weighted by Gasteiger charge is 2.46. The van der Waals surface area contributed by atoms with E-state index in [0.717, 1.165) is 12.0 Å². The molecule has 0 spiro atoms. The minimum absolute atomic E-state index is 0.0560. The molecule has 1 amide bonds. The van der Waals surface area contributed by atoms with Crippen molar-refractivity contribution in [3.8, 4) is 0 Å².